The molecular weight excluding hydrogens is 881 g/mol. The molecule has 3 atom stereocenters. The van der Waals surface area contributed by atoms with Crippen molar-refractivity contribution in [3.63, 3.8) is 0 Å². The summed E-state index contributed by atoms with van der Waals surface area (Å²) in [5.41, 5.74) is 25.7. The van der Waals surface area contributed by atoms with Gasteiger partial charge >= 0.3 is 5.97 Å². The van der Waals surface area contributed by atoms with Crippen LogP contribution >= 0.6 is 0 Å². The predicted molar refractivity (Wildman–Crippen MR) is 267 cm³/mol. The van der Waals surface area contributed by atoms with Crippen LogP contribution in [0, 0.1) is 17.8 Å². The average molecular weight is 963 g/mol. The van der Waals surface area contributed by atoms with E-state index in [9.17, 15) is 34.2 Å². The van der Waals surface area contributed by atoms with Gasteiger partial charge in [-0.15, -0.1) is 5.10 Å². The number of aromatic nitrogens is 3. The van der Waals surface area contributed by atoms with Crippen LogP contribution in [-0.4, -0.2) is 129 Å². The normalized spacial score (nSPS) is 11.2. The van der Waals surface area contributed by atoms with Gasteiger partial charge in [-0.2, -0.15) is 0 Å². The highest BCUT2D eigenvalue weighted by Gasteiger charge is 2.16. The van der Waals surface area contributed by atoms with Crippen molar-refractivity contribution in [1.29, 1.82) is 0 Å². The van der Waals surface area contributed by atoms with Gasteiger partial charge in [-0.05, 0) is 95.0 Å². The lowest BCUT2D eigenvalue weighted by Gasteiger charge is -2.13. The number of aliphatic hydroxyl groups excluding tert-OH is 1. The summed E-state index contributed by atoms with van der Waals surface area (Å²) in [6.45, 7) is 9.18. The highest BCUT2D eigenvalue weighted by atomic mass is 16.5. The van der Waals surface area contributed by atoms with Crippen molar-refractivity contribution in [1.82, 2.24) is 25.6 Å². The molecule has 0 aliphatic carbocycles. The Morgan fingerprint density at radius 1 is 0.779 bits per heavy atom. The van der Waals surface area contributed by atoms with Crippen LogP contribution in [0.25, 0.3) is 12.2 Å². The van der Waals surface area contributed by atoms with Gasteiger partial charge in [-0.25, -0.2) is 4.68 Å². The van der Waals surface area contributed by atoms with Crippen molar-refractivity contribution in [2.45, 2.75) is 73.1 Å². The Kier molecular flexibility index (Phi) is 45.1. The zero-order valence-electron chi connectivity index (χ0n) is 42.0. The lowest BCUT2D eigenvalue weighted by molar-refractivity contribution is -0.141. The van der Waals surface area contributed by atoms with Crippen LogP contribution in [-0.2, 0) is 48.5 Å². The van der Waals surface area contributed by atoms with E-state index in [1.165, 1.54) is 59.6 Å². The molecule has 21 heteroatoms. The van der Waals surface area contributed by atoms with Crippen molar-refractivity contribution >= 4 is 41.5 Å². The van der Waals surface area contributed by atoms with E-state index in [0.717, 1.165) is 19.3 Å². The SMILES string of the molecule is CCC(C)C(=O)O.CN.CN.CN.CN.CNC(=O)C(C)CCC(C)C(=O)NC.COc1cc(/C=C/C(=O)CC(=O)/C=C/c2ccc(O)c(CO)c2)ccc1OCc1cn(CCOCCN)nn1. The first-order valence-corrected chi connectivity index (χ1v) is 21.9. The second kappa shape index (κ2) is 44.7. The molecule has 0 aliphatic heterocycles. The molecule has 21 nitrogen and oxygen atoms in total. The van der Waals surface area contributed by atoms with Gasteiger partial charge in [0.25, 0.3) is 0 Å². The number of rotatable bonds is 23. The second-order valence-corrected chi connectivity index (χ2v) is 13.7. The topological polar surface area (TPSA) is 359 Å². The Morgan fingerprint density at radius 3 is 1.74 bits per heavy atom. The van der Waals surface area contributed by atoms with E-state index in [2.05, 4.69) is 43.9 Å². The first-order chi connectivity index (χ1) is 32.6. The first kappa shape index (κ1) is 68.5. The Balaban J connectivity index is -0.000000580. The second-order valence-electron chi connectivity index (χ2n) is 13.7. The molecule has 386 valence electrons. The van der Waals surface area contributed by atoms with Gasteiger partial charge in [-0.3, -0.25) is 24.0 Å². The van der Waals surface area contributed by atoms with E-state index in [0.29, 0.717) is 60.2 Å². The highest BCUT2D eigenvalue weighted by molar-refractivity contribution is 6.10. The number of ether oxygens (including phenoxy) is 3. The van der Waals surface area contributed by atoms with E-state index < -0.39 is 5.97 Å². The van der Waals surface area contributed by atoms with Gasteiger partial charge in [0.05, 0.1) is 52.0 Å². The Morgan fingerprint density at radius 2 is 1.29 bits per heavy atom. The fourth-order valence-electron chi connectivity index (χ4n) is 4.85. The van der Waals surface area contributed by atoms with E-state index in [4.69, 9.17) is 25.1 Å². The zero-order valence-corrected chi connectivity index (χ0v) is 42.0. The minimum atomic E-state index is -0.706. The number of allylic oxidation sites excluding steroid dienone is 2. The number of amides is 2. The molecule has 68 heavy (non-hydrogen) atoms. The number of hydrogen-bond donors (Lipinski definition) is 10. The molecule has 0 fully saturated rings. The van der Waals surface area contributed by atoms with Crippen LogP contribution in [0.2, 0.25) is 0 Å². The van der Waals surface area contributed by atoms with Crippen LogP contribution in [0.15, 0.2) is 54.7 Å². The number of aliphatic hydroxyl groups is 1. The number of nitrogens with one attached hydrogen (secondary N) is 2. The summed E-state index contributed by atoms with van der Waals surface area (Å²) >= 11 is 0. The van der Waals surface area contributed by atoms with Crippen molar-refractivity contribution in [2.24, 2.45) is 46.4 Å². The van der Waals surface area contributed by atoms with Gasteiger partial charge in [0.2, 0.25) is 11.8 Å². The third-order valence-corrected chi connectivity index (χ3v) is 8.88. The maximum absolute atomic E-state index is 12.3. The lowest BCUT2D eigenvalue weighted by Crippen LogP contribution is -2.28. The smallest absolute Gasteiger partial charge is 0.306 e. The molecule has 2 aromatic carbocycles. The van der Waals surface area contributed by atoms with Crippen LogP contribution in [0.1, 0.15) is 75.8 Å². The molecule has 0 aliphatic rings. The molecule has 0 radical (unpaired) electrons. The highest BCUT2D eigenvalue weighted by Crippen LogP contribution is 2.29. The maximum Gasteiger partial charge on any atom is 0.306 e. The fraction of sp³-hybridized carbons (Fsp3) is 0.511. The molecule has 1 aromatic heterocycles. The summed E-state index contributed by atoms with van der Waals surface area (Å²) in [7, 11) is 10.8. The number of benzene rings is 2. The summed E-state index contributed by atoms with van der Waals surface area (Å²) in [6.07, 6.45) is 9.43. The van der Waals surface area contributed by atoms with Crippen molar-refractivity contribution in [2.75, 3.05) is 69.2 Å². The monoisotopic (exact) mass is 963 g/mol. The van der Waals surface area contributed by atoms with E-state index >= 15 is 0 Å². The number of methoxy groups -OCH3 is 1. The van der Waals surface area contributed by atoms with E-state index in [1.54, 1.807) is 68.3 Å². The number of nitrogens with zero attached hydrogens (tertiary/aromatic N) is 3. The number of carboxylic acid groups (broad SMARTS) is 1. The molecule has 3 unspecified atom stereocenters. The number of aromatic hydroxyl groups is 1. The quantitative estimate of drug-likeness (QED) is 0.0370. The minimum absolute atomic E-state index is 0.0212. The van der Waals surface area contributed by atoms with Gasteiger partial charge in [0.15, 0.2) is 23.1 Å². The van der Waals surface area contributed by atoms with Crippen molar-refractivity contribution < 1.29 is 53.5 Å². The Labute approximate surface area is 402 Å². The number of aliphatic carboxylic acids is 1. The van der Waals surface area contributed by atoms with Crippen molar-refractivity contribution in [3.8, 4) is 17.2 Å². The van der Waals surface area contributed by atoms with Gasteiger partial charge in [0, 0.05) is 38.0 Å². The maximum atomic E-state index is 12.3. The predicted octanol–water partition coefficient (Wildman–Crippen LogP) is 2.24. The minimum Gasteiger partial charge on any atom is -0.508 e. The third-order valence-electron chi connectivity index (χ3n) is 8.88. The molecular formula is C47H82N10O11. The molecule has 0 saturated carbocycles. The zero-order chi connectivity index (χ0) is 53.0. The van der Waals surface area contributed by atoms with Crippen LogP contribution in [0.4, 0.5) is 0 Å². The van der Waals surface area contributed by atoms with E-state index in [-0.39, 0.29) is 66.5 Å². The number of nitrogens with two attached hydrogens (primary N) is 5. The molecule has 0 bridgehead atoms. The molecule has 3 rings (SSSR count). The third kappa shape index (κ3) is 31.8. The molecule has 0 saturated heterocycles. The number of phenols is 1. The molecule has 0 spiro atoms. The summed E-state index contributed by atoms with van der Waals surface area (Å²) in [6, 6.07) is 9.80. The van der Waals surface area contributed by atoms with Crippen LogP contribution < -0.4 is 48.8 Å². The number of carboxylic acids is 1. The molecule has 2 amide bonds. The number of carbonyl (C=O) groups excluding carboxylic acids is 4. The number of ketones is 2. The number of carbonyl (C=O) groups is 5. The van der Waals surface area contributed by atoms with Crippen molar-refractivity contribution in [3.05, 3.63) is 77.1 Å². The largest absolute Gasteiger partial charge is 0.508 e. The number of hydrogen-bond acceptors (Lipinski definition) is 17. The summed E-state index contributed by atoms with van der Waals surface area (Å²) in [4.78, 5) is 56.7. The Bertz CT molecular complexity index is 1850. The average Bonchev–Trinajstić information content (AvgIpc) is 3.84. The van der Waals surface area contributed by atoms with Gasteiger partial charge in [0.1, 0.15) is 18.1 Å². The molecule has 1 heterocycles. The van der Waals surface area contributed by atoms with Gasteiger partial charge < -0.3 is 68.8 Å². The van der Waals surface area contributed by atoms with Gasteiger partial charge in [-0.1, -0.05) is 57.2 Å². The van der Waals surface area contributed by atoms with Crippen LogP contribution in [0.3, 0.4) is 0 Å². The van der Waals surface area contributed by atoms with Crippen LogP contribution in [0.5, 0.6) is 17.2 Å². The summed E-state index contributed by atoms with van der Waals surface area (Å²) < 4.78 is 18.2. The summed E-state index contributed by atoms with van der Waals surface area (Å²) in [5.74, 6) is -0.637. The summed E-state index contributed by atoms with van der Waals surface area (Å²) in [5, 5.41) is 40.3. The van der Waals surface area contributed by atoms with E-state index in [1.807, 2.05) is 20.8 Å². The standard InChI is InChI=1S/C28H32N4O7.C10H20N2O2.C5H10O2.4CH5N/c1-37-28-15-21(5-9-27(28)39-19-23-17-32(31-30-23)11-13-38-12-10-29)3-7-25(35)16-24(34)6-2-20-4-8-26(36)22(14-20)18-33;1-7(9(13)11-3)5-6-8(2)10(14)12-4;1-3-4(2)5(6)7;4*1-2/h2-9,14-15,17,33,36H,10-13,16,18-19,29H2,1H3;7-8H,5-6H2,1-4H3,(H,11,13)(H,12,14);4H,3H2,1-2H3,(H,6,7);4*2H2,1H3/b6-2+,7-3+;;;;;;. The first-order valence-electron chi connectivity index (χ1n) is 21.9. The molecule has 3 aromatic rings. The fourth-order valence-corrected chi connectivity index (χ4v) is 4.85. The molecule has 15 N–H and O–H groups in total. The Hall–Kier alpha value is -6.07. The lowest BCUT2D eigenvalue weighted by atomic mass is 9.97.